The SMILES string of the molecule is COc1ccc(NC(=O)NC2C(C)(C)C(N)C2(C)C)cc1. The molecule has 0 unspecified atom stereocenters. The summed E-state index contributed by atoms with van der Waals surface area (Å²) in [6.45, 7) is 8.34. The first-order valence-corrected chi connectivity index (χ1v) is 7.16. The van der Waals surface area contributed by atoms with Crippen LogP contribution in [0.5, 0.6) is 5.75 Å². The molecule has 116 valence electrons. The van der Waals surface area contributed by atoms with E-state index in [9.17, 15) is 4.79 Å². The molecule has 4 N–H and O–H groups in total. The second-order valence-corrected chi connectivity index (χ2v) is 6.88. The third kappa shape index (κ3) is 2.70. The van der Waals surface area contributed by atoms with E-state index >= 15 is 0 Å². The summed E-state index contributed by atoms with van der Waals surface area (Å²) in [7, 11) is 1.61. The Morgan fingerprint density at radius 2 is 1.67 bits per heavy atom. The van der Waals surface area contributed by atoms with Crippen molar-refractivity contribution in [2.45, 2.75) is 39.8 Å². The normalized spacial score (nSPS) is 25.6. The molecule has 1 fully saturated rings. The summed E-state index contributed by atoms with van der Waals surface area (Å²) >= 11 is 0. The zero-order valence-electron chi connectivity index (χ0n) is 13.4. The van der Waals surface area contributed by atoms with Crippen molar-refractivity contribution in [3.8, 4) is 5.75 Å². The molecule has 0 spiro atoms. The molecule has 2 amide bonds. The van der Waals surface area contributed by atoms with Crippen molar-refractivity contribution in [1.82, 2.24) is 5.32 Å². The Morgan fingerprint density at radius 1 is 1.14 bits per heavy atom. The monoisotopic (exact) mass is 291 g/mol. The zero-order chi connectivity index (χ0) is 15.8. The lowest BCUT2D eigenvalue weighted by Gasteiger charge is -2.62. The van der Waals surface area contributed by atoms with Gasteiger partial charge < -0.3 is 21.1 Å². The minimum atomic E-state index is -0.210. The van der Waals surface area contributed by atoms with Gasteiger partial charge in [-0.3, -0.25) is 0 Å². The summed E-state index contributed by atoms with van der Waals surface area (Å²) in [5, 5.41) is 5.88. The molecular weight excluding hydrogens is 266 g/mol. The Balaban J connectivity index is 1.98. The van der Waals surface area contributed by atoms with Crippen LogP contribution in [-0.4, -0.2) is 25.2 Å². The second kappa shape index (κ2) is 5.22. The number of nitrogens with two attached hydrogens (primary N) is 1. The highest BCUT2D eigenvalue weighted by atomic mass is 16.5. The number of rotatable bonds is 3. The van der Waals surface area contributed by atoms with Crippen LogP contribution in [0, 0.1) is 10.8 Å². The standard InChI is InChI=1S/C16H25N3O2/c1-15(2)12(17)16(3,4)13(15)19-14(20)18-10-6-8-11(21-5)9-7-10/h6-9,12-13H,17H2,1-5H3,(H2,18,19,20). The first-order chi connectivity index (χ1) is 9.69. The van der Waals surface area contributed by atoms with E-state index in [1.807, 2.05) is 12.1 Å². The molecule has 1 aromatic carbocycles. The van der Waals surface area contributed by atoms with Gasteiger partial charge in [-0.25, -0.2) is 4.79 Å². The van der Waals surface area contributed by atoms with Crippen LogP contribution in [0.15, 0.2) is 24.3 Å². The van der Waals surface area contributed by atoms with Crippen LogP contribution in [0.1, 0.15) is 27.7 Å². The number of hydrogen-bond donors (Lipinski definition) is 3. The third-order valence-electron chi connectivity index (χ3n) is 4.71. The first kappa shape index (κ1) is 15.6. The van der Waals surface area contributed by atoms with E-state index < -0.39 is 0 Å². The average Bonchev–Trinajstić information content (AvgIpc) is 2.44. The number of hydrogen-bond acceptors (Lipinski definition) is 3. The fourth-order valence-electron chi connectivity index (χ4n) is 3.53. The van der Waals surface area contributed by atoms with E-state index in [0.717, 1.165) is 11.4 Å². The summed E-state index contributed by atoms with van der Waals surface area (Å²) < 4.78 is 5.09. The maximum atomic E-state index is 12.2. The number of carbonyl (C=O) groups excluding carboxylic acids is 1. The molecule has 0 radical (unpaired) electrons. The number of amides is 2. The van der Waals surface area contributed by atoms with Crippen LogP contribution < -0.4 is 21.1 Å². The topological polar surface area (TPSA) is 76.4 Å². The molecule has 0 atom stereocenters. The van der Waals surface area contributed by atoms with Crippen molar-refractivity contribution in [3.63, 3.8) is 0 Å². The highest BCUT2D eigenvalue weighted by Gasteiger charge is 2.60. The van der Waals surface area contributed by atoms with E-state index in [1.54, 1.807) is 19.2 Å². The van der Waals surface area contributed by atoms with Crippen LogP contribution in [0.2, 0.25) is 0 Å². The smallest absolute Gasteiger partial charge is 0.319 e. The maximum Gasteiger partial charge on any atom is 0.319 e. The second-order valence-electron chi connectivity index (χ2n) is 6.88. The Labute approximate surface area is 126 Å². The highest BCUT2D eigenvalue weighted by molar-refractivity contribution is 5.89. The van der Waals surface area contributed by atoms with E-state index in [-0.39, 0.29) is 28.9 Å². The molecule has 1 aliphatic carbocycles. The van der Waals surface area contributed by atoms with Crippen LogP contribution in [0.3, 0.4) is 0 Å². The summed E-state index contributed by atoms with van der Waals surface area (Å²) in [5.74, 6) is 0.758. The zero-order valence-corrected chi connectivity index (χ0v) is 13.4. The minimum Gasteiger partial charge on any atom is -0.497 e. The molecule has 0 aromatic heterocycles. The van der Waals surface area contributed by atoms with Gasteiger partial charge in [-0.2, -0.15) is 0 Å². The number of urea groups is 1. The predicted octanol–water partition coefficient (Wildman–Crippen LogP) is 2.58. The van der Waals surface area contributed by atoms with Gasteiger partial charge in [0.15, 0.2) is 0 Å². The number of benzene rings is 1. The molecule has 1 aromatic rings. The number of methoxy groups -OCH3 is 1. The molecule has 1 aliphatic rings. The fraction of sp³-hybridized carbons (Fsp3) is 0.562. The van der Waals surface area contributed by atoms with E-state index in [1.165, 1.54) is 0 Å². The van der Waals surface area contributed by atoms with Crippen LogP contribution in [0.25, 0.3) is 0 Å². The van der Waals surface area contributed by atoms with Gasteiger partial charge in [-0.15, -0.1) is 0 Å². The van der Waals surface area contributed by atoms with Gasteiger partial charge in [0.1, 0.15) is 5.75 Å². The summed E-state index contributed by atoms with van der Waals surface area (Å²) in [5.41, 5.74) is 6.71. The molecule has 5 nitrogen and oxygen atoms in total. The number of carbonyl (C=O) groups is 1. The third-order valence-corrected chi connectivity index (χ3v) is 4.71. The number of ether oxygens (including phenoxy) is 1. The Hall–Kier alpha value is -1.75. The molecule has 0 heterocycles. The van der Waals surface area contributed by atoms with Crippen molar-refractivity contribution < 1.29 is 9.53 Å². The van der Waals surface area contributed by atoms with Gasteiger partial charge in [-0.05, 0) is 24.3 Å². The van der Waals surface area contributed by atoms with Crippen molar-refractivity contribution in [1.29, 1.82) is 0 Å². The molecule has 1 saturated carbocycles. The van der Waals surface area contributed by atoms with Crippen molar-refractivity contribution in [3.05, 3.63) is 24.3 Å². The molecule has 0 bridgehead atoms. The lowest BCUT2D eigenvalue weighted by Crippen LogP contribution is -2.76. The summed E-state index contributed by atoms with van der Waals surface area (Å²) in [4.78, 5) is 12.2. The fourth-order valence-corrected chi connectivity index (χ4v) is 3.53. The van der Waals surface area contributed by atoms with Crippen molar-refractivity contribution in [2.75, 3.05) is 12.4 Å². The van der Waals surface area contributed by atoms with Crippen LogP contribution in [-0.2, 0) is 0 Å². The van der Waals surface area contributed by atoms with E-state index in [0.29, 0.717) is 0 Å². The lowest BCUT2D eigenvalue weighted by molar-refractivity contribution is -0.0638. The van der Waals surface area contributed by atoms with Gasteiger partial charge in [-0.1, -0.05) is 27.7 Å². The molecule has 0 saturated heterocycles. The molecule has 21 heavy (non-hydrogen) atoms. The predicted molar refractivity (Wildman–Crippen MR) is 84.5 cm³/mol. The van der Waals surface area contributed by atoms with Gasteiger partial charge in [0, 0.05) is 28.6 Å². The van der Waals surface area contributed by atoms with E-state index in [2.05, 4.69) is 38.3 Å². The molecule has 2 rings (SSSR count). The van der Waals surface area contributed by atoms with Crippen LogP contribution >= 0.6 is 0 Å². The Morgan fingerprint density at radius 3 is 2.14 bits per heavy atom. The molecule has 5 heteroatoms. The maximum absolute atomic E-state index is 12.2. The Bertz CT molecular complexity index is 507. The first-order valence-electron chi connectivity index (χ1n) is 7.16. The van der Waals surface area contributed by atoms with E-state index in [4.69, 9.17) is 10.5 Å². The van der Waals surface area contributed by atoms with Gasteiger partial charge >= 0.3 is 6.03 Å². The highest BCUT2D eigenvalue weighted by Crippen LogP contribution is 2.52. The average molecular weight is 291 g/mol. The van der Waals surface area contributed by atoms with Crippen molar-refractivity contribution >= 4 is 11.7 Å². The largest absolute Gasteiger partial charge is 0.497 e. The van der Waals surface area contributed by atoms with Gasteiger partial charge in [0.05, 0.1) is 7.11 Å². The number of nitrogens with one attached hydrogen (secondary N) is 2. The van der Waals surface area contributed by atoms with Crippen molar-refractivity contribution in [2.24, 2.45) is 16.6 Å². The van der Waals surface area contributed by atoms with Gasteiger partial charge in [0.2, 0.25) is 0 Å². The molecule has 0 aliphatic heterocycles. The minimum absolute atomic E-state index is 0.0400. The van der Waals surface area contributed by atoms with Crippen LogP contribution in [0.4, 0.5) is 10.5 Å². The summed E-state index contributed by atoms with van der Waals surface area (Å²) in [6.07, 6.45) is 0. The molecular formula is C16H25N3O2. The number of anilines is 1. The Kier molecular flexibility index (Phi) is 3.89. The lowest BCUT2D eigenvalue weighted by atomic mass is 9.48. The quantitative estimate of drug-likeness (QED) is 0.801. The summed E-state index contributed by atoms with van der Waals surface area (Å²) in [6, 6.07) is 7.13. The van der Waals surface area contributed by atoms with Gasteiger partial charge in [0.25, 0.3) is 0 Å².